The Morgan fingerprint density at radius 1 is 1.31 bits per heavy atom. The van der Waals surface area contributed by atoms with Crippen LogP contribution in [-0.4, -0.2) is 30.8 Å². The summed E-state index contributed by atoms with van der Waals surface area (Å²) < 4.78 is 5.44. The Balaban J connectivity index is 1.67. The summed E-state index contributed by atoms with van der Waals surface area (Å²) in [6.07, 6.45) is 1.71. The molecule has 2 aromatic rings. The summed E-state index contributed by atoms with van der Waals surface area (Å²) in [5.41, 5.74) is 2.72. The van der Waals surface area contributed by atoms with Gasteiger partial charge >= 0.3 is 6.09 Å². The number of ether oxygens (including phenoxy) is 1. The van der Waals surface area contributed by atoms with E-state index in [4.69, 9.17) is 9.72 Å². The molecule has 1 aliphatic rings. The molecule has 0 spiro atoms. The van der Waals surface area contributed by atoms with E-state index in [-0.39, 0.29) is 5.41 Å². The summed E-state index contributed by atoms with van der Waals surface area (Å²) in [5, 5.41) is 9.20. The molecule has 3 rings (SSSR count). The number of carbonyl (C=O) groups is 1. The first-order valence-corrected chi connectivity index (χ1v) is 10.0. The summed E-state index contributed by atoms with van der Waals surface area (Å²) in [7, 11) is 0. The van der Waals surface area contributed by atoms with Gasteiger partial charge in [-0.25, -0.2) is 9.78 Å². The van der Waals surface area contributed by atoms with E-state index in [9.17, 15) is 4.79 Å². The molecule has 1 aromatic heterocycles. The fraction of sp³-hybridized carbons (Fsp3) is 0.500. The third-order valence-corrected chi connectivity index (χ3v) is 5.45. The number of carbonyl (C=O) groups excluding carboxylic acids is 1. The Bertz CT molecular complexity index is 746. The summed E-state index contributed by atoms with van der Waals surface area (Å²) in [5.74, 6) is 0.450. The van der Waals surface area contributed by atoms with Crippen molar-refractivity contribution >= 4 is 23.1 Å². The van der Waals surface area contributed by atoms with Crippen molar-refractivity contribution in [3.8, 4) is 10.6 Å². The number of aromatic nitrogens is 1. The molecule has 0 saturated carbocycles. The topological polar surface area (TPSA) is 63.2 Å². The first kappa shape index (κ1) is 18.9. The van der Waals surface area contributed by atoms with E-state index in [1.807, 2.05) is 24.3 Å². The second-order valence-electron chi connectivity index (χ2n) is 7.75. The fourth-order valence-corrected chi connectivity index (χ4v) is 3.99. The lowest BCUT2D eigenvalue weighted by atomic mass is 9.93. The lowest BCUT2D eigenvalue weighted by Crippen LogP contribution is -2.31. The zero-order valence-corrected chi connectivity index (χ0v) is 16.5. The van der Waals surface area contributed by atoms with Crippen LogP contribution < -0.4 is 10.6 Å². The van der Waals surface area contributed by atoms with Crippen LogP contribution >= 0.6 is 11.3 Å². The minimum Gasteiger partial charge on any atom is -0.449 e. The predicted molar refractivity (Wildman–Crippen MR) is 107 cm³/mol. The van der Waals surface area contributed by atoms with Gasteiger partial charge in [0, 0.05) is 16.4 Å². The lowest BCUT2D eigenvalue weighted by molar-refractivity contribution is 0.131. The molecule has 0 unspecified atom stereocenters. The fourth-order valence-electron chi connectivity index (χ4n) is 2.91. The van der Waals surface area contributed by atoms with Gasteiger partial charge in [-0.05, 0) is 44.0 Å². The van der Waals surface area contributed by atoms with E-state index in [1.165, 1.54) is 0 Å². The summed E-state index contributed by atoms with van der Waals surface area (Å²) in [4.78, 5) is 17.0. The van der Waals surface area contributed by atoms with Gasteiger partial charge < -0.3 is 10.1 Å². The smallest absolute Gasteiger partial charge is 0.411 e. The van der Waals surface area contributed by atoms with Crippen LogP contribution in [0.2, 0.25) is 0 Å². The van der Waals surface area contributed by atoms with Crippen LogP contribution in [0.1, 0.15) is 39.3 Å². The molecular formula is C20H27N3O2S. The number of amides is 1. The van der Waals surface area contributed by atoms with Gasteiger partial charge in [0.05, 0.1) is 18.0 Å². The average molecular weight is 374 g/mol. The number of nitrogens with one attached hydrogen (secondary N) is 2. The van der Waals surface area contributed by atoms with Crippen LogP contribution in [0.4, 0.5) is 10.5 Å². The number of benzene rings is 1. The molecule has 1 amide bonds. The molecule has 2 N–H and O–H groups in total. The molecule has 1 saturated heterocycles. The number of anilines is 1. The van der Waals surface area contributed by atoms with Gasteiger partial charge in [0.25, 0.3) is 0 Å². The van der Waals surface area contributed by atoms with Gasteiger partial charge in [-0.1, -0.05) is 32.9 Å². The predicted octanol–water partition coefficient (Wildman–Crippen LogP) is 4.66. The van der Waals surface area contributed by atoms with Crippen LogP contribution in [0, 0.1) is 5.92 Å². The molecule has 1 aromatic carbocycles. The van der Waals surface area contributed by atoms with Crippen molar-refractivity contribution in [1.29, 1.82) is 0 Å². The quantitative estimate of drug-likeness (QED) is 0.818. The van der Waals surface area contributed by atoms with E-state index in [2.05, 4.69) is 36.8 Å². The number of piperidine rings is 1. The van der Waals surface area contributed by atoms with Crippen molar-refractivity contribution < 1.29 is 9.53 Å². The number of rotatable bonds is 4. The average Bonchev–Trinajstić information content (AvgIpc) is 3.12. The van der Waals surface area contributed by atoms with Gasteiger partial charge in [0.1, 0.15) is 5.01 Å². The third-order valence-electron chi connectivity index (χ3n) is 4.58. The molecule has 1 aliphatic heterocycles. The molecule has 5 nitrogen and oxygen atoms in total. The molecule has 140 valence electrons. The number of hydrogen-bond acceptors (Lipinski definition) is 5. The Labute approximate surface area is 159 Å². The highest BCUT2D eigenvalue weighted by Crippen LogP contribution is 2.33. The van der Waals surface area contributed by atoms with E-state index in [0.717, 1.165) is 47.9 Å². The van der Waals surface area contributed by atoms with Crippen molar-refractivity contribution in [2.24, 2.45) is 5.92 Å². The van der Waals surface area contributed by atoms with Crippen LogP contribution in [0.5, 0.6) is 0 Å². The molecule has 6 heteroatoms. The van der Waals surface area contributed by atoms with Crippen LogP contribution in [0.15, 0.2) is 29.6 Å². The van der Waals surface area contributed by atoms with E-state index >= 15 is 0 Å². The van der Waals surface area contributed by atoms with Gasteiger partial charge in [-0.2, -0.15) is 0 Å². The van der Waals surface area contributed by atoms with Gasteiger partial charge in [0.2, 0.25) is 0 Å². The zero-order chi connectivity index (χ0) is 18.6. The molecule has 26 heavy (non-hydrogen) atoms. The lowest BCUT2D eigenvalue weighted by Gasteiger charge is -2.22. The van der Waals surface area contributed by atoms with Crippen molar-refractivity contribution in [3.63, 3.8) is 0 Å². The second kappa shape index (κ2) is 8.18. The highest BCUT2D eigenvalue weighted by Gasteiger charge is 2.20. The zero-order valence-electron chi connectivity index (χ0n) is 15.7. The highest BCUT2D eigenvalue weighted by molar-refractivity contribution is 7.13. The van der Waals surface area contributed by atoms with Crippen molar-refractivity contribution in [1.82, 2.24) is 10.3 Å². The minimum atomic E-state index is -0.399. The number of hydrogen-bond donors (Lipinski definition) is 2. The van der Waals surface area contributed by atoms with E-state index < -0.39 is 6.09 Å². The molecular weight excluding hydrogens is 346 g/mol. The Morgan fingerprint density at radius 3 is 2.73 bits per heavy atom. The van der Waals surface area contributed by atoms with E-state index in [0.29, 0.717) is 12.5 Å². The van der Waals surface area contributed by atoms with Gasteiger partial charge in [-0.15, -0.1) is 11.3 Å². The number of nitrogens with zero attached hydrogens (tertiary/aromatic N) is 1. The van der Waals surface area contributed by atoms with E-state index in [1.54, 1.807) is 11.3 Å². The normalized spacial score (nSPS) is 15.7. The Kier molecular flexibility index (Phi) is 5.94. The first-order chi connectivity index (χ1) is 12.4. The second-order valence-corrected chi connectivity index (χ2v) is 8.61. The minimum absolute atomic E-state index is 0.00487. The van der Waals surface area contributed by atoms with Crippen molar-refractivity contribution in [2.75, 3.05) is 25.0 Å². The van der Waals surface area contributed by atoms with Crippen molar-refractivity contribution in [3.05, 3.63) is 35.3 Å². The highest BCUT2D eigenvalue weighted by atomic mass is 32.1. The molecule has 2 heterocycles. The van der Waals surface area contributed by atoms with Crippen molar-refractivity contribution in [2.45, 2.75) is 39.0 Å². The Morgan fingerprint density at radius 2 is 2.04 bits per heavy atom. The third kappa shape index (κ3) is 4.83. The molecule has 1 fully saturated rings. The standard InChI is InChI=1S/C20H27N3O2S/c1-20(2,3)17-13-26-18(23-17)15-6-4-5-7-16(15)22-19(24)25-12-14-8-10-21-11-9-14/h4-7,13-14,21H,8-12H2,1-3H3,(H,22,24). The monoisotopic (exact) mass is 373 g/mol. The van der Waals surface area contributed by atoms with Crippen LogP contribution in [-0.2, 0) is 10.2 Å². The molecule has 0 radical (unpaired) electrons. The molecule has 0 bridgehead atoms. The maximum atomic E-state index is 12.2. The number of thiazole rings is 1. The maximum Gasteiger partial charge on any atom is 0.411 e. The summed E-state index contributed by atoms with van der Waals surface area (Å²) in [6.45, 7) is 8.91. The Hall–Kier alpha value is -1.92. The first-order valence-electron chi connectivity index (χ1n) is 9.13. The van der Waals surface area contributed by atoms with Gasteiger partial charge in [-0.3, -0.25) is 5.32 Å². The maximum absolute atomic E-state index is 12.2. The SMILES string of the molecule is CC(C)(C)c1csc(-c2ccccc2NC(=O)OCC2CCNCC2)n1. The molecule has 0 atom stereocenters. The van der Waals surface area contributed by atoms with Gasteiger partial charge in [0.15, 0.2) is 0 Å². The largest absolute Gasteiger partial charge is 0.449 e. The van der Waals surface area contributed by atoms with Crippen LogP contribution in [0.3, 0.4) is 0 Å². The summed E-state index contributed by atoms with van der Waals surface area (Å²) in [6, 6.07) is 7.73. The van der Waals surface area contributed by atoms with Crippen LogP contribution in [0.25, 0.3) is 10.6 Å². The molecule has 0 aliphatic carbocycles. The summed E-state index contributed by atoms with van der Waals surface area (Å²) >= 11 is 1.60. The number of para-hydroxylation sites is 1.